The number of nitro benzene ring substituents is 1. The molecule has 0 saturated heterocycles. The molecular weight excluding hydrogens is 448 g/mol. The number of benzene rings is 2. The maximum absolute atomic E-state index is 12.6. The van der Waals surface area contributed by atoms with Crippen LogP contribution >= 0.6 is 0 Å². The van der Waals surface area contributed by atoms with Gasteiger partial charge in [-0.1, -0.05) is 32.0 Å². The van der Waals surface area contributed by atoms with Crippen LogP contribution in [0.4, 0.5) is 5.69 Å². The van der Waals surface area contributed by atoms with Gasteiger partial charge in [0, 0.05) is 30.8 Å². The lowest BCUT2D eigenvalue weighted by atomic mass is 10.1. The third-order valence-corrected chi connectivity index (χ3v) is 7.21. The highest BCUT2D eigenvalue weighted by Gasteiger charge is 2.23. The van der Waals surface area contributed by atoms with E-state index in [1.54, 1.807) is 32.9 Å². The molecule has 33 heavy (non-hydrogen) atoms. The Labute approximate surface area is 193 Å². The van der Waals surface area contributed by atoms with Crippen molar-refractivity contribution in [3.63, 3.8) is 0 Å². The fraction of sp³-hybridized carbons (Fsp3) is 0.364. The van der Waals surface area contributed by atoms with E-state index in [1.165, 1.54) is 41.6 Å². The highest BCUT2D eigenvalue weighted by molar-refractivity contribution is 7.89. The number of hydrogen-bond acceptors (Lipinski definition) is 6. The third kappa shape index (κ3) is 6.36. The highest BCUT2D eigenvalue weighted by Crippen LogP contribution is 2.19. The summed E-state index contributed by atoms with van der Waals surface area (Å²) in [4.78, 5) is 35.3. The van der Waals surface area contributed by atoms with Crippen LogP contribution in [0.3, 0.4) is 0 Å². The summed E-state index contributed by atoms with van der Waals surface area (Å²) in [6.07, 6.45) is 0. The Morgan fingerprint density at radius 2 is 1.64 bits per heavy atom. The van der Waals surface area contributed by atoms with Gasteiger partial charge < -0.3 is 10.6 Å². The average Bonchev–Trinajstić information content (AvgIpc) is 2.79. The third-order valence-electron chi connectivity index (χ3n) is 5.14. The molecule has 2 aromatic carbocycles. The summed E-state index contributed by atoms with van der Waals surface area (Å²) in [7, 11) is -3.57. The molecule has 178 valence electrons. The topological polar surface area (TPSA) is 139 Å². The van der Waals surface area contributed by atoms with Gasteiger partial charge >= 0.3 is 0 Å². The molecule has 0 saturated carbocycles. The molecule has 0 fully saturated rings. The monoisotopic (exact) mass is 476 g/mol. The first kappa shape index (κ1) is 25.9. The van der Waals surface area contributed by atoms with Gasteiger partial charge in [0.2, 0.25) is 15.9 Å². The van der Waals surface area contributed by atoms with Crippen LogP contribution in [0.1, 0.15) is 49.7 Å². The van der Waals surface area contributed by atoms with Crippen LogP contribution in [0.5, 0.6) is 0 Å². The Morgan fingerprint density at radius 3 is 2.18 bits per heavy atom. The second-order valence-corrected chi connectivity index (χ2v) is 9.33. The van der Waals surface area contributed by atoms with Crippen molar-refractivity contribution in [3.05, 3.63) is 69.8 Å². The van der Waals surface area contributed by atoms with E-state index in [9.17, 15) is 28.1 Å². The van der Waals surface area contributed by atoms with Crippen LogP contribution < -0.4 is 10.6 Å². The van der Waals surface area contributed by atoms with Crippen molar-refractivity contribution >= 4 is 27.5 Å². The van der Waals surface area contributed by atoms with Crippen LogP contribution in [-0.2, 0) is 14.8 Å². The van der Waals surface area contributed by atoms with Crippen molar-refractivity contribution in [1.82, 2.24) is 14.9 Å². The summed E-state index contributed by atoms with van der Waals surface area (Å²) in [6, 6.07) is 10.1. The summed E-state index contributed by atoms with van der Waals surface area (Å²) in [5.41, 5.74) is 0.542. The predicted octanol–water partition coefficient (Wildman–Crippen LogP) is 2.62. The second kappa shape index (κ2) is 11.0. The predicted molar refractivity (Wildman–Crippen MR) is 123 cm³/mol. The molecule has 2 rings (SSSR count). The van der Waals surface area contributed by atoms with E-state index in [2.05, 4.69) is 10.6 Å². The molecule has 0 spiro atoms. The smallest absolute Gasteiger partial charge is 0.270 e. The lowest BCUT2D eigenvalue weighted by Gasteiger charge is -2.20. The molecule has 2 aromatic rings. The standard InChI is InChI=1S/C22H28N4O6S/c1-5-25(6-2)33(31,32)20-12-10-17(11-13-20)15(3)23-21(27)16(4)24-22(28)18-8-7-9-19(14-18)26(29)30/h7-16H,5-6H2,1-4H3,(H,23,27)(H,24,28)/t15?,16-/m0/s1. The average molecular weight is 477 g/mol. The number of nitrogens with one attached hydrogen (secondary N) is 2. The van der Waals surface area contributed by atoms with E-state index in [-0.39, 0.29) is 16.1 Å². The Bertz CT molecular complexity index is 1110. The molecule has 0 bridgehead atoms. The van der Waals surface area contributed by atoms with Gasteiger partial charge in [-0.15, -0.1) is 0 Å². The van der Waals surface area contributed by atoms with Crippen LogP contribution in [0.15, 0.2) is 53.4 Å². The zero-order valence-corrected chi connectivity index (χ0v) is 19.8. The Morgan fingerprint density at radius 1 is 1.03 bits per heavy atom. The highest BCUT2D eigenvalue weighted by atomic mass is 32.2. The number of nitro groups is 1. The van der Waals surface area contributed by atoms with Gasteiger partial charge in [-0.3, -0.25) is 19.7 Å². The molecule has 0 aromatic heterocycles. The van der Waals surface area contributed by atoms with E-state index in [1.807, 2.05) is 0 Å². The number of carbonyl (C=O) groups excluding carboxylic acids is 2. The van der Waals surface area contributed by atoms with Crippen LogP contribution in [0.25, 0.3) is 0 Å². The van der Waals surface area contributed by atoms with Crippen molar-refractivity contribution in [1.29, 1.82) is 0 Å². The van der Waals surface area contributed by atoms with Crippen molar-refractivity contribution < 1.29 is 22.9 Å². The van der Waals surface area contributed by atoms with Gasteiger partial charge in [-0.05, 0) is 37.6 Å². The van der Waals surface area contributed by atoms with Gasteiger partial charge in [0.05, 0.1) is 15.9 Å². The van der Waals surface area contributed by atoms with E-state index in [0.717, 1.165) is 6.07 Å². The normalized spacial score (nSPS) is 13.2. The van der Waals surface area contributed by atoms with Crippen LogP contribution in [-0.4, -0.2) is 48.6 Å². The van der Waals surface area contributed by atoms with Gasteiger partial charge in [-0.2, -0.15) is 4.31 Å². The first-order valence-corrected chi connectivity index (χ1v) is 11.9. The molecule has 2 N–H and O–H groups in total. The summed E-state index contributed by atoms with van der Waals surface area (Å²) in [6.45, 7) is 7.51. The number of carbonyl (C=O) groups is 2. The Hall–Kier alpha value is -3.31. The molecule has 1 unspecified atom stereocenters. The number of rotatable bonds is 10. The maximum Gasteiger partial charge on any atom is 0.270 e. The minimum absolute atomic E-state index is 0.0712. The number of non-ortho nitro benzene ring substituents is 1. The number of nitrogens with zero attached hydrogens (tertiary/aromatic N) is 2. The Kier molecular flexibility index (Phi) is 8.66. The molecule has 0 heterocycles. The zero-order valence-electron chi connectivity index (χ0n) is 18.9. The van der Waals surface area contributed by atoms with E-state index >= 15 is 0 Å². The first-order valence-electron chi connectivity index (χ1n) is 10.5. The van der Waals surface area contributed by atoms with Crippen LogP contribution in [0.2, 0.25) is 0 Å². The van der Waals surface area contributed by atoms with Gasteiger partial charge in [0.15, 0.2) is 0 Å². The summed E-state index contributed by atoms with van der Waals surface area (Å²) >= 11 is 0. The molecule has 0 aliphatic rings. The molecule has 0 radical (unpaired) electrons. The summed E-state index contributed by atoms with van der Waals surface area (Å²) in [5.74, 6) is -1.07. The quantitative estimate of drug-likeness (QED) is 0.399. The SMILES string of the molecule is CCN(CC)S(=O)(=O)c1ccc(C(C)NC(=O)[C@H](C)NC(=O)c2cccc([N+](=O)[O-])c2)cc1. The van der Waals surface area contributed by atoms with E-state index in [4.69, 9.17) is 0 Å². The largest absolute Gasteiger partial charge is 0.348 e. The van der Waals surface area contributed by atoms with Gasteiger partial charge in [0.25, 0.3) is 11.6 Å². The molecular formula is C22H28N4O6S. The lowest BCUT2D eigenvalue weighted by Crippen LogP contribution is -2.45. The fourth-order valence-electron chi connectivity index (χ4n) is 3.17. The van der Waals surface area contributed by atoms with Crippen LogP contribution in [0, 0.1) is 10.1 Å². The van der Waals surface area contributed by atoms with Crippen molar-refractivity contribution in [3.8, 4) is 0 Å². The minimum Gasteiger partial charge on any atom is -0.348 e. The van der Waals surface area contributed by atoms with Crippen molar-refractivity contribution in [2.45, 2.75) is 44.7 Å². The van der Waals surface area contributed by atoms with Crippen molar-refractivity contribution in [2.24, 2.45) is 0 Å². The molecule has 2 amide bonds. The second-order valence-electron chi connectivity index (χ2n) is 7.39. The molecule has 2 atom stereocenters. The molecule has 0 aliphatic carbocycles. The van der Waals surface area contributed by atoms with E-state index in [0.29, 0.717) is 18.7 Å². The molecule has 10 nitrogen and oxygen atoms in total. The maximum atomic E-state index is 12.6. The first-order chi connectivity index (χ1) is 15.5. The van der Waals surface area contributed by atoms with Gasteiger partial charge in [0.1, 0.15) is 6.04 Å². The fourth-order valence-corrected chi connectivity index (χ4v) is 4.63. The number of amides is 2. The van der Waals surface area contributed by atoms with Crippen molar-refractivity contribution in [2.75, 3.05) is 13.1 Å². The summed E-state index contributed by atoms with van der Waals surface area (Å²) < 4.78 is 26.6. The van der Waals surface area contributed by atoms with E-state index < -0.39 is 38.8 Å². The lowest BCUT2D eigenvalue weighted by molar-refractivity contribution is -0.384. The number of hydrogen-bond donors (Lipinski definition) is 2. The summed E-state index contributed by atoms with van der Waals surface area (Å²) in [5, 5.41) is 16.2. The molecule has 0 aliphatic heterocycles. The van der Waals surface area contributed by atoms with Gasteiger partial charge in [-0.25, -0.2) is 8.42 Å². The minimum atomic E-state index is -3.57. The Balaban J connectivity index is 2.02. The molecule has 11 heteroatoms. The zero-order chi connectivity index (χ0) is 24.8. The number of sulfonamides is 1.